The topological polar surface area (TPSA) is 72.5 Å². The number of carbonyl (C=O) groups excluding carboxylic acids is 1. The Morgan fingerprint density at radius 1 is 1.35 bits per heavy atom. The monoisotopic (exact) mass is 339 g/mol. The lowest BCUT2D eigenvalue weighted by molar-refractivity contribution is -0.123. The molecule has 6 heteroatoms. The minimum atomic E-state index is -2.94. The average molecular weight is 339 g/mol. The van der Waals surface area contributed by atoms with E-state index < -0.39 is 15.4 Å². The third-order valence-electron chi connectivity index (χ3n) is 4.10. The predicted octanol–water partition coefficient (Wildman–Crippen LogP) is 1.96. The Balaban J connectivity index is 1.94. The number of hydrogen-bond donors (Lipinski definition) is 1. The van der Waals surface area contributed by atoms with E-state index in [2.05, 4.69) is 5.32 Å². The average Bonchev–Trinajstić information content (AvgIpc) is 2.77. The molecule has 1 atom stereocenters. The van der Waals surface area contributed by atoms with Crippen LogP contribution in [0.5, 0.6) is 5.75 Å². The van der Waals surface area contributed by atoms with Crippen molar-refractivity contribution in [2.75, 3.05) is 18.6 Å². The van der Waals surface area contributed by atoms with Crippen molar-refractivity contribution in [3.63, 3.8) is 0 Å². The van der Waals surface area contributed by atoms with Crippen LogP contribution in [0.2, 0.25) is 0 Å². The second kappa shape index (κ2) is 6.91. The molecular formula is C17H25NO4S. The molecule has 1 heterocycles. The molecule has 0 saturated carbocycles. The molecule has 1 aromatic carbocycles. The van der Waals surface area contributed by atoms with Crippen molar-refractivity contribution in [2.24, 2.45) is 5.92 Å². The van der Waals surface area contributed by atoms with Gasteiger partial charge in [0.1, 0.15) is 5.75 Å². The van der Waals surface area contributed by atoms with Crippen LogP contribution in [0.15, 0.2) is 24.3 Å². The molecule has 0 aliphatic carbocycles. The molecule has 0 aromatic heterocycles. The lowest BCUT2D eigenvalue weighted by Crippen LogP contribution is -2.45. The van der Waals surface area contributed by atoms with E-state index in [-0.39, 0.29) is 29.8 Å². The number of para-hydroxylation sites is 1. The zero-order chi connectivity index (χ0) is 17.1. The number of benzene rings is 1. The Morgan fingerprint density at radius 3 is 2.65 bits per heavy atom. The summed E-state index contributed by atoms with van der Waals surface area (Å²) in [6, 6.07) is 7.74. The van der Waals surface area contributed by atoms with Gasteiger partial charge in [-0.25, -0.2) is 8.42 Å². The predicted molar refractivity (Wildman–Crippen MR) is 90.3 cm³/mol. The van der Waals surface area contributed by atoms with Crippen LogP contribution in [0.3, 0.4) is 0 Å². The molecule has 1 aliphatic heterocycles. The summed E-state index contributed by atoms with van der Waals surface area (Å²) in [5, 5.41) is 3.02. The molecule has 1 N–H and O–H groups in total. The summed E-state index contributed by atoms with van der Waals surface area (Å²) < 4.78 is 28.3. The number of amides is 1. The van der Waals surface area contributed by atoms with Gasteiger partial charge in [0.2, 0.25) is 5.91 Å². The Morgan fingerprint density at radius 2 is 2.04 bits per heavy atom. The minimum absolute atomic E-state index is 0.0536. The van der Waals surface area contributed by atoms with Gasteiger partial charge >= 0.3 is 0 Å². The van der Waals surface area contributed by atoms with Crippen molar-refractivity contribution in [3.05, 3.63) is 29.8 Å². The molecular weight excluding hydrogens is 314 g/mol. The van der Waals surface area contributed by atoms with Crippen LogP contribution >= 0.6 is 0 Å². The normalized spacial score (nSPS) is 20.2. The third kappa shape index (κ3) is 5.23. The van der Waals surface area contributed by atoms with Crippen molar-refractivity contribution >= 4 is 15.7 Å². The first-order valence-corrected chi connectivity index (χ1v) is 9.66. The van der Waals surface area contributed by atoms with Crippen molar-refractivity contribution in [1.82, 2.24) is 5.32 Å². The van der Waals surface area contributed by atoms with E-state index in [0.717, 1.165) is 11.3 Å². The lowest BCUT2D eigenvalue weighted by Gasteiger charge is -2.27. The van der Waals surface area contributed by atoms with Crippen molar-refractivity contribution in [1.29, 1.82) is 0 Å². The number of nitrogens with one attached hydrogen (secondary N) is 1. The maximum absolute atomic E-state index is 12.2. The Bertz CT molecular complexity index is 667. The van der Waals surface area contributed by atoms with Gasteiger partial charge in [-0.2, -0.15) is 0 Å². The first-order chi connectivity index (χ1) is 10.7. The summed E-state index contributed by atoms with van der Waals surface area (Å²) in [6.45, 7) is 3.92. The Kier molecular flexibility index (Phi) is 5.34. The van der Waals surface area contributed by atoms with Gasteiger partial charge in [0.05, 0.1) is 18.6 Å². The standard InChI is InChI=1S/C17H25NO4S/c1-17(2,11-14-6-4-5-7-15(14)22-3)18-16(19)10-13-8-9-23(20,21)12-13/h4-7,13H,8-12H2,1-3H3,(H,18,19)/t13-/m0/s1. The molecule has 0 bridgehead atoms. The molecule has 23 heavy (non-hydrogen) atoms. The summed E-state index contributed by atoms with van der Waals surface area (Å²) in [5.41, 5.74) is 0.604. The van der Waals surface area contributed by atoms with Crippen molar-refractivity contribution in [2.45, 2.75) is 38.6 Å². The van der Waals surface area contributed by atoms with Crippen LogP contribution in [0.4, 0.5) is 0 Å². The first-order valence-electron chi connectivity index (χ1n) is 7.84. The second-order valence-electron chi connectivity index (χ2n) is 6.89. The summed E-state index contributed by atoms with van der Waals surface area (Å²) in [7, 11) is -1.31. The Labute approximate surface area is 138 Å². The van der Waals surface area contributed by atoms with Crippen molar-refractivity contribution < 1.29 is 17.9 Å². The lowest BCUT2D eigenvalue weighted by atomic mass is 9.93. The second-order valence-corrected chi connectivity index (χ2v) is 9.12. The summed E-state index contributed by atoms with van der Waals surface area (Å²) in [4.78, 5) is 12.2. The minimum Gasteiger partial charge on any atom is -0.496 e. The maximum atomic E-state index is 12.2. The van der Waals surface area contributed by atoms with E-state index >= 15 is 0 Å². The SMILES string of the molecule is COc1ccccc1CC(C)(C)NC(=O)C[C@@H]1CCS(=O)(=O)C1. The molecule has 0 unspecified atom stereocenters. The number of methoxy groups -OCH3 is 1. The zero-order valence-electron chi connectivity index (χ0n) is 14.0. The first kappa shape index (κ1) is 17.8. The summed E-state index contributed by atoms with van der Waals surface area (Å²) >= 11 is 0. The van der Waals surface area contributed by atoms with Crippen LogP contribution in [-0.4, -0.2) is 38.5 Å². The van der Waals surface area contributed by atoms with Gasteiger partial charge in [-0.05, 0) is 44.2 Å². The number of sulfone groups is 1. The molecule has 0 radical (unpaired) electrons. The quantitative estimate of drug-likeness (QED) is 0.860. The van der Waals surface area contributed by atoms with Gasteiger partial charge in [0.25, 0.3) is 0 Å². The highest BCUT2D eigenvalue weighted by atomic mass is 32.2. The van der Waals surface area contributed by atoms with Crippen molar-refractivity contribution in [3.8, 4) is 5.75 Å². The highest BCUT2D eigenvalue weighted by molar-refractivity contribution is 7.91. The van der Waals surface area contributed by atoms with Gasteiger partial charge in [0, 0.05) is 12.0 Å². The van der Waals surface area contributed by atoms with E-state index in [4.69, 9.17) is 4.74 Å². The molecule has 1 saturated heterocycles. The largest absolute Gasteiger partial charge is 0.496 e. The molecule has 5 nitrogen and oxygen atoms in total. The van der Waals surface area contributed by atoms with E-state index in [9.17, 15) is 13.2 Å². The number of carbonyl (C=O) groups is 1. The van der Waals surface area contributed by atoms with Gasteiger partial charge in [-0.1, -0.05) is 18.2 Å². The number of rotatable bonds is 6. The smallest absolute Gasteiger partial charge is 0.220 e. The third-order valence-corrected chi connectivity index (χ3v) is 5.94. The van der Waals surface area contributed by atoms with Crippen LogP contribution in [0.25, 0.3) is 0 Å². The van der Waals surface area contributed by atoms with Gasteiger partial charge in [0.15, 0.2) is 9.84 Å². The van der Waals surface area contributed by atoms with E-state index in [0.29, 0.717) is 12.8 Å². The maximum Gasteiger partial charge on any atom is 0.220 e. The van der Waals surface area contributed by atoms with E-state index in [1.54, 1.807) is 7.11 Å². The van der Waals surface area contributed by atoms with Gasteiger partial charge < -0.3 is 10.1 Å². The molecule has 1 amide bonds. The molecule has 128 valence electrons. The Hall–Kier alpha value is -1.56. The summed E-state index contributed by atoms with van der Waals surface area (Å²) in [6.07, 6.45) is 1.50. The van der Waals surface area contributed by atoms with Crippen LogP contribution in [-0.2, 0) is 21.1 Å². The zero-order valence-corrected chi connectivity index (χ0v) is 14.8. The molecule has 1 aliphatic rings. The fourth-order valence-electron chi connectivity index (χ4n) is 3.09. The van der Waals surface area contributed by atoms with Crippen LogP contribution < -0.4 is 10.1 Å². The number of ether oxygens (including phenoxy) is 1. The fourth-order valence-corrected chi connectivity index (χ4v) is 4.95. The van der Waals surface area contributed by atoms with Crippen LogP contribution in [0, 0.1) is 5.92 Å². The molecule has 1 aromatic rings. The molecule has 2 rings (SSSR count). The highest BCUT2D eigenvalue weighted by Crippen LogP contribution is 2.24. The number of hydrogen-bond acceptors (Lipinski definition) is 4. The molecule has 0 spiro atoms. The van der Waals surface area contributed by atoms with Gasteiger partial charge in [-0.3, -0.25) is 4.79 Å². The molecule has 1 fully saturated rings. The van der Waals surface area contributed by atoms with E-state index in [1.807, 2.05) is 38.1 Å². The van der Waals surface area contributed by atoms with E-state index in [1.165, 1.54) is 0 Å². The highest BCUT2D eigenvalue weighted by Gasteiger charge is 2.31. The summed E-state index contributed by atoms with van der Waals surface area (Å²) in [5.74, 6) is 0.994. The fraction of sp³-hybridized carbons (Fsp3) is 0.588. The van der Waals surface area contributed by atoms with Gasteiger partial charge in [-0.15, -0.1) is 0 Å². The van der Waals surface area contributed by atoms with Crippen LogP contribution in [0.1, 0.15) is 32.3 Å².